The SMILES string of the molecule is CCC1OCCC1CN1CC(C2CC2)NCC1C. The molecule has 0 radical (unpaired) electrons. The van der Waals surface area contributed by atoms with Gasteiger partial charge >= 0.3 is 0 Å². The van der Waals surface area contributed by atoms with E-state index in [4.69, 9.17) is 4.74 Å². The van der Waals surface area contributed by atoms with Gasteiger partial charge in [0.05, 0.1) is 6.10 Å². The molecule has 2 heterocycles. The van der Waals surface area contributed by atoms with Gasteiger partial charge in [-0.3, -0.25) is 4.90 Å². The monoisotopic (exact) mass is 252 g/mol. The molecular formula is C15H28N2O. The molecule has 3 rings (SSSR count). The Hall–Kier alpha value is -0.120. The van der Waals surface area contributed by atoms with E-state index in [0.717, 1.165) is 24.5 Å². The summed E-state index contributed by atoms with van der Waals surface area (Å²) >= 11 is 0. The smallest absolute Gasteiger partial charge is 0.0613 e. The Morgan fingerprint density at radius 1 is 1.28 bits per heavy atom. The summed E-state index contributed by atoms with van der Waals surface area (Å²) in [6.45, 7) is 9.30. The first-order chi connectivity index (χ1) is 8.78. The lowest BCUT2D eigenvalue weighted by molar-refractivity contribution is 0.0572. The molecule has 4 atom stereocenters. The second-order valence-electron chi connectivity index (χ2n) is 6.52. The van der Waals surface area contributed by atoms with Crippen molar-refractivity contribution >= 4 is 0 Å². The van der Waals surface area contributed by atoms with Crippen molar-refractivity contribution in [2.45, 2.75) is 57.7 Å². The summed E-state index contributed by atoms with van der Waals surface area (Å²) in [5.74, 6) is 1.75. The molecule has 0 spiro atoms. The number of rotatable bonds is 4. The minimum absolute atomic E-state index is 0.520. The molecule has 0 aromatic rings. The lowest BCUT2D eigenvalue weighted by Gasteiger charge is -2.40. The van der Waals surface area contributed by atoms with Crippen LogP contribution in [-0.4, -0.2) is 49.3 Å². The predicted octanol–water partition coefficient (Wildman–Crippen LogP) is 1.87. The Morgan fingerprint density at radius 2 is 2.11 bits per heavy atom. The molecule has 0 amide bonds. The predicted molar refractivity (Wildman–Crippen MR) is 73.7 cm³/mol. The Kier molecular flexibility index (Phi) is 3.92. The quantitative estimate of drug-likeness (QED) is 0.827. The molecule has 104 valence electrons. The normalized spacial score (nSPS) is 42.3. The van der Waals surface area contributed by atoms with E-state index in [1.807, 2.05) is 0 Å². The zero-order valence-corrected chi connectivity index (χ0v) is 11.9. The maximum Gasteiger partial charge on any atom is 0.0613 e. The molecule has 0 aromatic heterocycles. The molecule has 18 heavy (non-hydrogen) atoms. The molecule has 3 nitrogen and oxygen atoms in total. The summed E-state index contributed by atoms with van der Waals surface area (Å²) in [7, 11) is 0. The highest BCUT2D eigenvalue weighted by Crippen LogP contribution is 2.35. The van der Waals surface area contributed by atoms with Crippen molar-refractivity contribution in [1.29, 1.82) is 0 Å². The van der Waals surface area contributed by atoms with Gasteiger partial charge in [-0.25, -0.2) is 0 Å². The van der Waals surface area contributed by atoms with E-state index in [2.05, 4.69) is 24.1 Å². The lowest BCUT2D eigenvalue weighted by atomic mass is 9.96. The maximum absolute atomic E-state index is 5.84. The fraction of sp³-hybridized carbons (Fsp3) is 1.00. The number of hydrogen-bond acceptors (Lipinski definition) is 3. The van der Waals surface area contributed by atoms with Crippen LogP contribution in [0, 0.1) is 11.8 Å². The zero-order chi connectivity index (χ0) is 12.5. The van der Waals surface area contributed by atoms with Gasteiger partial charge < -0.3 is 10.1 Å². The minimum Gasteiger partial charge on any atom is -0.378 e. The second kappa shape index (κ2) is 5.48. The van der Waals surface area contributed by atoms with Crippen LogP contribution in [0.25, 0.3) is 0 Å². The number of nitrogens with zero attached hydrogens (tertiary/aromatic N) is 1. The van der Waals surface area contributed by atoms with Crippen LogP contribution in [-0.2, 0) is 4.74 Å². The standard InChI is InChI=1S/C15H28N2O/c1-3-15-13(6-7-18-15)9-17-10-14(12-4-5-12)16-8-11(17)2/h11-16H,3-10H2,1-2H3. The van der Waals surface area contributed by atoms with E-state index in [1.54, 1.807) is 0 Å². The van der Waals surface area contributed by atoms with Gasteiger partial charge in [0.15, 0.2) is 0 Å². The van der Waals surface area contributed by atoms with Crippen LogP contribution in [0.1, 0.15) is 39.5 Å². The number of ether oxygens (including phenoxy) is 1. The van der Waals surface area contributed by atoms with Gasteiger partial charge in [-0.1, -0.05) is 6.92 Å². The van der Waals surface area contributed by atoms with Crippen molar-refractivity contribution < 1.29 is 4.74 Å². The third-order valence-electron chi connectivity index (χ3n) is 5.14. The third-order valence-corrected chi connectivity index (χ3v) is 5.14. The van der Waals surface area contributed by atoms with Crippen molar-refractivity contribution in [3.63, 3.8) is 0 Å². The lowest BCUT2D eigenvalue weighted by Crippen LogP contribution is -2.57. The molecule has 3 aliphatic rings. The van der Waals surface area contributed by atoms with Crippen LogP contribution in [0.15, 0.2) is 0 Å². The minimum atomic E-state index is 0.520. The molecule has 1 N–H and O–H groups in total. The maximum atomic E-state index is 5.84. The highest BCUT2D eigenvalue weighted by Gasteiger charge is 2.37. The van der Waals surface area contributed by atoms with Crippen LogP contribution in [0.3, 0.4) is 0 Å². The zero-order valence-electron chi connectivity index (χ0n) is 11.9. The van der Waals surface area contributed by atoms with E-state index in [-0.39, 0.29) is 0 Å². The third kappa shape index (κ3) is 2.73. The second-order valence-corrected chi connectivity index (χ2v) is 6.52. The van der Waals surface area contributed by atoms with Gasteiger partial charge in [-0.15, -0.1) is 0 Å². The average Bonchev–Trinajstić information content (AvgIpc) is 3.13. The van der Waals surface area contributed by atoms with Crippen LogP contribution in [0.2, 0.25) is 0 Å². The van der Waals surface area contributed by atoms with Gasteiger partial charge in [0.2, 0.25) is 0 Å². The molecule has 3 heteroatoms. The Balaban J connectivity index is 1.56. The molecule has 2 aliphatic heterocycles. The van der Waals surface area contributed by atoms with Crippen molar-refractivity contribution in [2.75, 3.05) is 26.2 Å². The van der Waals surface area contributed by atoms with Gasteiger partial charge in [0.1, 0.15) is 0 Å². The fourth-order valence-electron chi connectivity index (χ4n) is 3.67. The first kappa shape index (κ1) is 12.9. The van der Waals surface area contributed by atoms with E-state index in [1.165, 1.54) is 45.3 Å². The molecule has 1 aliphatic carbocycles. The van der Waals surface area contributed by atoms with Gasteiger partial charge in [-0.2, -0.15) is 0 Å². The van der Waals surface area contributed by atoms with Crippen LogP contribution < -0.4 is 5.32 Å². The van der Waals surface area contributed by atoms with E-state index >= 15 is 0 Å². The van der Waals surface area contributed by atoms with Crippen LogP contribution in [0.5, 0.6) is 0 Å². The van der Waals surface area contributed by atoms with Gasteiger partial charge in [0, 0.05) is 38.3 Å². The van der Waals surface area contributed by atoms with Gasteiger partial charge in [0.25, 0.3) is 0 Å². The van der Waals surface area contributed by atoms with E-state index in [0.29, 0.717) is 12.1 Å². The van der Waals surface area contributed by atoms with Crippen LogP contribution >= 0.6 is 0 Å². The van der Waals surface area contributed by atoms with Crippen molar-refractivity contribution in [3.05, 3.63) is 0 Å². The molecule has 0 aromatic carbocycles. The number of piperazine rings is 1. The van der Waals surface area contributed by atoms with E-state index < -0.39 is 0 Å². The van der Waals surface area contributed by atoms with Crippen molar-refractivity contribution in [3.8, 4) is 0 Å². The summed E-state index contributed by atoms with van der Waals surface area (Å²) in [4.78, 5) is 2.72. The van der Waals surface area contributed by atoms with E-state index in [9.17, 15) is 0 Å². The first-order valence-corrected chi connectivity index (χ1v) is 7.87. The summed E-state index contributed by atoms with van der Waals surface area (Å²) in [5, 5.41) is 3.74. The molecular weight excluding hydrogens is 224 g/mol. The molecule has 1 saturated carbocycles. The van der Waals surface area contributed by atoms with Crippen molar-refractivity contribution in [2.24, 2.45) is 11.8 Å². The highest BCUT2D eigenvalue weighted by molar-refractivity contribution is 4.94. The fourth-order valence-corrected chi connectivity index (χ4v) is 3.67. The summed E-state index contributed by atoms with van der Waals surface area (Å²) in [5.41, 5.74) is 0. The molecule has 3 fully saturated rings. The highest BCUT2D eigenvalue weighted by atomic mass is 16.5. The topological polar surface area (TPSA) is 24.5 Å². The Labute approximate surface area is 111 Å². The van der Waals surface area contributed by atoms with Gasteiger partial charge in [-0.05, 0) is 44.4 Å². The summed E-state index contributed by atoms with van der Waals surface area (Å²) in [6, 6.07) is 1.46. The Morgan fingerprint density at radius 3 is 2.83 bits per heavy atom. The molecule has 2 saturated heterocycles. The first-order valence-electron chi connectivity index (χ1n) is 7.87. The molecule has 4 unspecified atom stereocenters. The number of hydrogen-bond donors (Lipinski definition) is 1. The number of nitrogens with one attached hydrogen (secondary N) is 1. The summed E-state index contributed by atoms with van der Waals surface area (Å²) in [6.07, 6.45) is 5.86. The van der Waals surface area contributed by atoms with Crippen molar-refractivity contribution in [1.82, 2.24) is 10.2 Å². The van der Waals surface area contributed by atoms with Crippen LogP contribution in [0.4, 0.5) is 0 Å². The summed E-state index contributed by atoms with van der Waals surface area (Å²) < 4.78 is 5.84. The molecule has 0 bridgehead atoms. The largest absolute Gasteiger partial charge is 0.378 e. The average molecular weight is 252 g/mol. The Bertz CT molecular complexity index is 280.